The summed E-state index contributed by atoms with van der Waals surface area (Å²) in [5.74, 6) is 0.438. The van der Waals surface area contributed by atoms with Gasteiger partial charge in [0, 0.05) is 5.02 Å². The van der Waals surface area contributed by atoms with Gasteiger partial charge in [0.05, 0.1) is 17.6 Å². The van der Waals surface area contributed by atoms with Gasteiger partial charge in [0.1, 0.15) is 5.75 Å². The van der Waals surface area contributed by atoms with E-state index in [0.717, 1.165) is 24.0 Å². The van der Waals surface area contributed by atoms with E-state index in [0.29, 0.717) is 16.3 Å². The topological polar surface area (TPSA) is 50.1 Å². The minimum absolute atomic E-state index is 0.0718. The lowest BCUT2D eigenvalue weighted by atomic mass is 10.0. The number of hydrogen-bond donors (Lipinski definition) is 0. The van der Waals surface area contributed by atoms with Crippen LogP contribution in [0, 0.1) is 17.2 Å². The van der Waals surface area contributed by atoms with Gasteiger partial charge in [0.25, 0.3) is 0 Å². The predicted octanol–water partition coefficient (Wildman–Crippen LogP) is 4.72. The SMILES string of the molecule is N#C/C(=C/c1ccc(OC(=O)C2CC2)cc1)c1cccc(Cl)c1. The Morgan fingerprint density at radius 3 is 2.57 bits per heavy atom. The molecule has 2 aromatic carbocycles. The lowest BCUT2D eigenvalue weighted by Gasteiger charge is -2.04. The minimum Gasteiger partial charge on any atom is -0.426 e. The summed E-state index contributed by atoms with van der Waals surface area (Å²) in [7, 11) is 0. The summed E-state index contributed by atoms with van der Waals surface area (Å²) < 4.78 is 5.28. The van der Waals surface area contributed by atoms with Crippen molar-refractivity contribution in [2.45, 2.75) is 12.8 Å². The number of esters is 1. The summed E-state index contributed by atoms with van der Waals surface area (Å²) in [6, 6.07) is 16.5. The van der Waals surface area contributed by atoms with E-state index in [1.165, 1.54) is 0 Å². The van der Waals surface area contributed by atoms with E-state index < -0.39 is 0 Å². The average molecular weight is 324 g/mol. The van der Waals surface area contributed by atoms with Crippen molar-refractivity contribution in [3.63, 3.8) is 0 Å². The maximum absolute atomic E-state index is 11.6. The van der Waals surface area contributed by atoms with E-state index in [-0.39, 0.29) is 11.9 Å². The zero-order chi connectivity index (χ0) is 16.2. The highest BCUT2D eigenvalue weighted by molar-refractivity contribution is 6.30. The summed E-state index contributed by atoms with van der Waals surface area (Å²) >= 11 is 5.96. The summed E-state index contributed by atoms with van der Waals surface area (Å²) in [5, 5.41) is 9.93. The van der Waals surface area contributed by atoms with Crippen molar-refractivity contribution < 1.29 is 9.53 Å². The van der Waals surface area contributed by atoms with Gasteiger partial charge in [-0.1, -0.05) is 35.9 Å². The van der Waals surface area contributed by atoms with Crippen LogP contribution in [0.25, 0.3) is 11.6 Å². The van der Waals surface area contributed by atoms with Gasteiger partial charge in [-0.05, 0) is 54.3 Å². The zero-order valence-corrected chi connectivity index (χ0v) is 13.1. The third-order valence-electron chi connectivity index (χ3n) is 3.58. The molecule has 0 bridgehead atoms. The van der Waals surface area contributed by atoms with Crippen LogP contribution in [0.15, 0.2) is 48.5 Å². The van der Waals surface area contributed by atoms with Crippen molar-refractivity contribution >= 4 is 29.2 Å². The third-order valence-corrected chi connectivity index (χ3v) is 3.81. The number of nitrogens with zero attached hydrogens (tertiary/aromatic N) is 1. The molecule has 1 fully saturated rings. The second kappa shape index (κ2) is 6.68. The maximum Gasteiger partial charge on any atom is 0.314 e. The third kappa shape index (κ3) is 4.00. The highest BCUT2D eigenvalue weighted by atomic mass is 35.5. The molecular weight excluding hydrogens is 310 g/mol. The highest BCUT2D eigenvalue weighted by Crippen LogP contribution is 2.31. The Labute approximate surface area is 139 Å². The molecule has 1 saturated carbocycles. The van der Waals surface area contributed by atoms with E-state index >= 15 is 0 Å². The van der Waals surface area contributed by atoms with Crippen molar-refractivity contribution in [1.29, 1.82) is 5.26 Å². The second-order valence-corrected chi connectivity index (χ2v) is 5.88. The van der Waals surface area contributed by atoms with Crippen LogP contribution in [0.1, 0.15) is 24.0 Å². The molecule has 0 N–H and O–H groups in total. The Morgan fingerprint density at radius 2 is 1.96 bits per heavy atom. The molecule has 1 aliphatic rings. The summed E-state index contributed by atoms with van der Waals surface area (Å²) in [6.07, 6.45) is 3.62. The maximum atomic E-state index is 11.6. The molecule has 3 nitrogen and oxygen atoms in total. The summed E-state index contributed by atoms with van der Waals surface area (Å²) in [4.78, 5) is 11.6. The highest BCUT2D eigenvalue weighted by Gasteiger charge is 2.31. The number of halogens is 1. The number of rotatable bonds is 4. The monoisotopic (exact) mass is 323 g/mol. The fourth-order valence-corrected chi connectivity index (χ4v) is 2.34. The molecule has 1 aliphatic carbocycles. The van der Waals surface area contributed by atoms with Crippen LogP contribution in [-0.2, 0) is 4.79 Å². The number of carbonyl (C=O) groups is 1. The Hall–Kier alpha value is -2.57. The molecule has 0 spiro atoms. The minimum atomic E-state index is -0.162. The predicted molar refractivity (Wildman–Crippen MR) is 89.7 cm³/mol. The van der Waals surface area contributed by atoms with Gasteiger partial charge in [-0.2, -0.15) is 5.26 Å². The molecule has 23 heavy (non-hydrogen) atoms. The lowest BCUT2D eigenvalue weighted by Crippen LogP contribution is -2.09. The molecule has 0 unspecified atom stereocenters. The van der Waals surface area contributed by atoms with Crippen molar-refractivity contribution in [3.05, 3.63) is 64.7 Å². The number of carbonyl (C=O) groups excluding carboxylic acids is 1. The van der Waals surface area contributed by atoms with Crippen molar-refractivity contribution in [3.8, 4) is 11.8 Å². The van der Waals surface area contributed by atoms with Crippen LogP contribution in [0.2, 0.25) is 5.02 Å². The molecule has 114 valence electrons. The lowest BCUT2D eigenvalue weighted by molar-refractivity contribution is -0.135. The first-order valence-corrected chi connectivity index (χ1v) is 7.73. The van der Waals surface area contributed by atoms with Gasteiger partial charge in [0.15, 0.2) is 0 Å². The second-order valence-electron chi connectivity index (χ2n) is 5.44. The molecular formula is C19H14ClNO2. The van der Waals surface area contributed by atoms with Crippen LogP contribution in [0.5, 0.6) is 5.75 Å². The average Bonchev–Trinajstić information content (AvgIpc) is 3.39. The molecule has 2 aromatic rings. The molecule has 4 heteroatoms. The number of ether oxygens (including phenoxy) is 1. The Balaban J connectivity index is 1.77. The van der Waals surface area contributed by atoms with Gasteiger partial charge in [-0.15, -0.1) is 0 Å². The van der Waals surface area contributed by atoms with Crippen LogP contribution < -0.4 is 4.74 Å². The standard InChI is InChI=1S/C19H14ClNO2/c20-17-3-1-2-15(11-17)16(12-21)10-13-4-8-18(9-5-13)23-19(22)14-6-7-14/h1-5,8-11,14H,6-7H2/b16-10-. The molecule has 0 heterocycles. The molecule has 0 amide bonds. The van der Waals surface area contributed by atoms with Crippen molar-refractivity contribution in [2.24, 2.45) is 5.92 Å². The van der Waals surface area contributed by atoms with Crippen LogP contribution in [0.4, 0.5) is 0 Å². The summed E-state index contributed by atoms with van der Waals surface area (Å²) in [5.41, 5.74) is 2.15. The van der Waals surface area contributed by atoms with E-state index in [2.05, 4.69) is 6.07 Å². The molecule has 3 rings (SSSR count). The van der Waals surface area contributed by atoms with E-state index in [9.17, 15) is 10.1 Å². The molecule has 0 radical (unpaired) electrons. The van der Waals surface area contributed by atoms with Gasteiger partial charge >= 0.3 is 5.97 Å². The van der Waals surface area contributed by atoms with Gasteiger partial charge in [0.2, 0.25) is 0 Å². The Kier molecular flexibility index (Phi) is 4.45. The van der Waals surface area contributed by atoms with Gasteiger partial charge in [-0.3, -0.25) is 4.79 Å². The Bertz CT molecular complexity index is 799. The summed E-state index contributed by atoms with van der Waals surface area (Å²) in [6.45, 7) is 0. The quantitative estimate of drug-likeness (QED) is 0.354. The largest absolute Gasteiger partial charge is 0.426 e. The first-order chi connectivity index (χ1) is 11.2. The number of nitriles is 1. The van der Waals surface area contributed by atoms with Crippen LogP contribution in [0.3, 0.4) is 0 Å². The molecule has 0 atom stereocenters. The van der Waals surface area contributed by atoms with Crippen LogP contribution >= 0.6 is 11.6 Å². The normalized spacial score (nSPS) is 14.2. The van der Waals surface area contributed by atoms with Gasteiger partial charge < -0.3 is 4.74 Å². The van der Waals surface area contributed by atoms with E-state index in [1.807, 2.05) is 24.3 Å². The molecule has 0 aliphatic heterocycles. The number of allylic oxidation sites excluding steroid dienone is 1. The van der Waals surface area contributed by atoms with Gasteiger partial charge in [-0.25, -0.2) is 0 Å². The smallest absolute Gasteiger partial charge is 0.314 e. The van der Waals surface area contributed by atoms with Crippen LogP contribution in [-0.4, -0.2) is 5.97 Å². The van der Waals surface area contributed by atoms with Crippen molar-refractivity contribution in [2.75, 3.05) is 0 Å². The number of hydrogen-bond acceptors (Lipinski definition) is 3. The van der Waals surface area contributed by atoms with E-state index in [4.69, 9.17) is 16.3 Å². The first-order valence-electron chi connectivity index (χ1n) is 7.35. The Morgan fingerprint density at radius 1 is 1.22 bits per heavy atom. The zero-order valence-electron chi connectivity index (χ0n) is 12.3. The number of benzene rings is 2. The van der Waals surface area contributed by atoms with Crippen molar-refractivity contribution in [1.82, 2.24) is 0 Å². The molecule has 0 aromatic heterocycles. The molecule has 0 saturated heterocycles. The fourth-order valence-electron chi connectivity index (χ4n) is 2.15. The fraction of sp³-hybridized carbons (Fsp3) is 0.158. The van der Waals surface area contributed by atoms with E-state index in [1.54, 1.807) is 30.3 Å². The first kappa shape index (κ1) is 15.3.